The standard InChI is InChI=1S/C24H31N5O/c1-18-9-11-21(12-10-18)29-24(28-15-6-7-16-28)22(20(3)26-29)23(30)25-13-17-27-14-5-4-8-19(27)2/h6-7,9-12,15-16,19H,4-5,8,13-14,17H2,1-3H3,(H,25,30)/t19-/m0/s1. The molecule has 1 amide bonds. The maximum absolute atomic E-state index is 13.2. The van der Waals surface area contributed by atoms with E-state index < -0.39 is 0 Å². The number of aromatic nitrogens is 3. The number of rotatable bonds is 6. The summed E-state index contributed by atoms with van der Waals surface area (Å²) in [5.74, 6) is 0.699. The van der Waals surface area contributed by atoms with Gasteiger partial charge in [-0.05, 0) is 64.4 Å². The number of carbonyl (C=O) groups is 1. The van der Waals surface area contributed by atoms with E-state index in [0.717, 1.165) is 30.3 Å². The minimum Gasteiger partial charge on any atom is -0.351 e. The number of piperidine rings is 1. The summed E-state index contributed by atoms with van der Waals surface area (Å²) in [7, 11) is 0. The Kier molecular flexibility index (Phi) is 6.04. The Morgan fingerprint density at radius 1 is 1.13 bits per heavy atom. The second-order valence-electron chi connectivity index (χ2n) is 8.26. The highest BCUT2D eigenvalue weighted by molar-refractivity contribution is 5.98. The molecule has 3 heterocycles. The van der Waals surface area contributed by atoms with Crippen molar-refractivity contribution in [3.63, 3.8) is 0 Å². The maximum Gasteiger partial charge on any atom is 0.257 e. The molecule has 0 saturated carbocycles. The topological polar surface area (TPSA) is 55.1 Å². The third-order valence-corrected chi connectivity index (χ3v) is 6.02. The fourth-order valence-electron chi connectivity index (χ4n) is 4.25. The van der Waals surface area contributed by atoms with Crippen LogP contribution in [0.15, 0.2) is 48.8 Å². The normalized spacial score (nSPS) is 17.2. The molecule has 4 rings (SSSR count). The van der Waals surface area contributed by atoms with Crippen LogP contribution in [0.3, 0.4) is 0 Å². The van der Waals surface area contributed by atoms with E-state index >= 15 is 0 Å². The van der Waals surface area contributed by atoms with Crippen LogP contribution in [0.1, 0.15) is 47.8 Å². The summed E-state index contributed by atoms with van der Waals surface area (Å²) >= 11 is 0. The molecule has 1 fully saturated rings. The zero-order chi connectivity index (χ0) is 21.1. The van der Waals surface area contributed by atoms with Crippen LogP contribution < -0.4 is 5.32 Å². The lowest BCUT2D eigenvalue weighted by atomic mass is 10.0. The fraction of sp³-hybridized carbons (Fsp3) is 0.417. The molecule has 1 saturated heterocycles. The minimum atomic E-state index is -0.0702. The van der Waals surface area contributed by atoms with Crippen LogP contribution in [-0.4, -0.2) is 50.8 Å². The van der Waals surface area contributed by atoms with Gasteiger partial charge >= 0.3 is 0 Å². The summed E-state index contributed by atoms with van der Waals surface area (Å²) in [5, 5.41) is 7.86. The molecular weight excluding hydrogens is 374 g/mol. The van der Waals surface area contributed by atoms with Crippen molar-refractivity contribution in [1.29, 1.82) is 0 Å². The van der Waals surface area contributed by atoms with Gasteiger partial charge in [-0.15, -0.1) is 0 Å². The van der Waals surface area contributed by atoms with Crippen molar-refractivity contribution in [2.45, 2.75) is 46.1 Å². The van der Waals surface area contributed by atoms with Crippen molar-refractivity contribution in [3.05, 3.63) is 65.6 Å². The predicted octanol–water partition coefficient (Wildman–Crippen LogP) is 3.88. The molecule has 158 valence electrons. The number of nitrogens with one attached hydrogen (secondary N) is 1. The van der Waals surface area contributed by atoms with Gasteiger partial charge in [0.1, 0.15) is 5.56 Å². The summed E-state index contributed by atoms with van der Waals surface area (Å²) in [6, 6.07) is 12.7. The lowest BCUT2D eigenvalue weighted by Gasteiger charge is -2.33. The van der Waals surface area contributed by atoms with E-state index in [2.05, 4.69) is 36.2 Å². The van der Waals surface area contributed by atoms with Crippen molar-refractivity contribution in [2.75, 3.05) is 19.6 Å². The third-order valence-electron chi connectivity index (χ3n) is 6.02. The van der Waals surface area contributed by atoms with Gasteiger partial charge < -0.3 is 9.88 Å². The monoisotopic (exact) mass is 405 g/mol. The molecule has 0 unspecified atom stereocenters. The average molecular weight is 406 g/mol. The molecule has 0 aliphatic carbocycles. The highest BCUT2D eigenvalue weighted by Gasteiger charge is 2.24. The molecule has 30 heavy (non-hydrogen) atoms. The van der Waals surface area contributed by atoms with Gasteiger partial charge in [0.25, 0.3) is 5.91 Å². The number of likely N-dealkylation sites (tertiary alicyclic amines) is 1. The van der Waals surface area contributed by atoms with Gasteiger partial charge in [0, 0.05) is 31.5 Å². The van der Waals surface area contributed by atoms with Crippen LogP contribution in [0, 0.1) is 13.8 Å². The van der Waals surface area contributed by atoms with E-state index in [4.69, 9.17) is 5.10 Å². The SMILES string of the molecule is Cc1ccc(-n2nc(C)c(C(=O)NCCN3CCCC[C@@H]3C)c2-n2cccc2)cc1. The summed E-state index contributed by atoms with van der Waals surface area (Å²) < 4.78 is 3.82. The van der Waals surface area contributed by atoms with Crippen molar-refractivity contribution in [1.82, 2.24) is 24.6 Å². The van der Waals surface area contributed by atoms with Crippen LogP contribution in [-0.2, 0) is 0 Å². The van der Waals surface area contributed by atoms with Crippen molar-refractivity contribution >= 4 is 5.91 Å². The Morgan fingerprint density at radius 3 is 2.57 bits per heavy atom. The molecule has 1 N–H and O–H groups in total. The Morgan fingerprint density at radius 2 is 1.87 bits per heavy atom. The van der Waals surface area contributed by atoms with Crippen LogP contribution in [0.2, 0.25) is 0 Å². The Hall–Kier alpha value is -2.86. The second kappa shape index (κ2) is 8.88. The minimum absolute atomic E-state index is 0.0702. The number of amides is 1. The molecule has 1 aliphatic heterocycles. The van der Waals surface area contributed by atoms with Gasteiger partial charge in [-0.1, -0.05) is 24.1 Å². The van der Waals surface area contributed by atoms with E-state index in [9.17, 15) is 4.79 Å². The first-order chi connectivity index (χ1) is 14.5. The highest BCUT2D eigenvalue weighted by atomic mass is 16.1. The smallest absolute Gasteiger partial charge is 0.257 e. The third kappa shape index (κ3) is 4.19. The number of aryl methyl sites for hydroxylation is 2. The van der Waals surface area contributed by atoms with Gasteiger partial charge in [0.2, 0.25) is 0 Å². The second-order valence-corrected chi connectivity index (χ2v) is 8.26. The first-order valence-electron chi connectivity index (χ1n) is 10.9. The molecule has 1 aromatic carbocycles. The Balaban J connectivity index is 1.59. The average Bonchev–Trinajstić information content (AvgIpc) is 3.37. The molecule has 2 aromatic heterocycles. The molecular formula is C24H31N5O. The molecule has 0 radical (unpaired) electrons. The fourth-order valence-corrected chi connectivity index (χ4v) is 4.25. The van der Waals surface area contributed by atoms with E-state index in [-0.39, 0.29) is 5.91 Å². The molecule has 0 spiro atoms. The number of hydrogen-bond acceptors (Lipinski definition) is 3. The van der Waals surface area contributed by atoms with E-state index in [1.54, 1.807) is 0 Å². The summed E-state index contributed by atoms with van der Waals surface area (Å²) in [4.78, 5) is 15.7. The largest absolute Gasteiger partial charge is 0.351 e. The van der Waals surface area contributed by atoms with Crippen LogP contribution >= 0.6 is 0 Å². The van der Waals surface area contributed by atoms with Crippen LogP contribution in [0.5, 0.6) is 0 Å². The summed E-state index contributed by atoms with van der Waals surface area (Å²) in [6.07, 6.45) is 7.70. The quantitative estimate of drug-likeness (QED) is 0.677. The van der Waals surface area contributed by atoms with Crippen molar-refractivity contribution in [3.8, 4) is 11.5 Å². The molecule has 0 bridgehead atoms. The first-order valence-corrected chi connectivity index (χ1v) is 10.9. The summed E-state index contributed by atoms with van der Waals surface area (Å²) in [5.41, 5.74) is 3.48. The van der Waals surface area contributed by atoms with Crippen molar-refractivity contribution in [2.24, 2.45) is 0 Å². The summed E-state index contributed by atoms with van der Waals surface area (Å²) in [6.45, 7) is 8.89. The number of benzene rings is 1. The zero-order valence-electron chi connectivity index (χ0n) is 18.1. The molecule has 1 atom stereocenters. The van der Waals surface area contributed by atoms with Crippen LogP contribution in [0.25, 0.3) is 11.5 Å². The number of hydrogen-bond donors (Lipinski definition) is 1. The van der Waals surface area contributed by atoms with Gasteiger partial charge in [-0.2, -0.15) is 5.10 Å². The first kappa shape index (κ1) is 20.4. The molecule has 1 aliphatic rings. The van der Waals surface area contributed by atoms with E-state index in [1.807, 2.05) is 52.8 Å². The number of nitrogens with zero attached hydrogens (tertiary/aromatic N) is 4. The highest BCUT2D eigenvalue weighted by Crippen LogP contribution is 2.23. The zero-order valence-corrected chi connectivity index (χ0v) is 18.1. The van der Waals surface area contributed by atoms with E-state index in [0.29, 0.717) is 18.2 Å². The van der Waals surface area contributed by atoms with Gasteiger partial charge in [-0.3, -0.25) is 9.69 Å². The predicted molar refractivity (Wildman–Crippen MR) is 120 cm³/mol. The van der Waals surface area contributed by atoms with Gasteiger partial charge in [0.05, 0.1) is 11.4 Å². The van der Waals surface area contributed by atoms with Gasteiger partial charge in [0.15, 0.2) is 5.82 Å². The van der Waals surface area contributed by atoms with Crippen LogP contribution in [0.4, 0.5) is 0 Å². The molecule has 3 aromatic rings. The van der Waals surface area contributed by atoms with Gasteiger partial charge in [-0.25, -0.2) is 4.68 Å². The molecule has 6 nitrogen and oxygen atoms in total. The Bertz CT molecular complexity index is 988. The van der Waals surface area contributed by atoms with Crippen molar-refractivity contribution < 1.29 is 4.79 Å². The molecule has 6 heteroatoms. The van der Waals surface area contributed by atoms with E-state index in [1.165, 1.54) is 24.8 Å². The lowest BCUT2D eigenvalue weighted by molar-refractivity contribution is 0.0938. The maximum atomic E-state index is 13.2. The Labute approximate surface area is 178 Å². The lowest BCUT2D eigenvalue weighted by Crippen LogP contribution is -2.42. The number of carbonyl (C=O) groups excluding carboxylic acids is 1.